The van der Waals surface area contributed by atoms with Crippen LogP contribution in [0.25, 0.3) is 0 Å². The Labute approximate surface area is 100 Å². The Morgan fingerprint density at radius 1 is 1.56 bits per heavy atom. The third-order valence-electron chi connectivity index (χ3n) is 2.65. The summed E-state index contributed by atoms with van der Waals surface area (Å²) in [5.41, 5.74) is 6.33. The second-order valence-corrected chi connectivity index (χ2v) is 4.54. The summed E-state index contributed by atoms with van der Waals surface area (Å²) in [6.45, 7) is 2.86. The lowest BCUT2D eigenvalue weighted by Crippen LogP contribution is -2.32. The van der Waals surface area contributed by atoms with Crippen molar-refractivity contribution >= 4 is 23.1 Å². The van der Waals surface area contributed by atoms with Gasteiger partial charge in [-0.15, -0.1) is 0 Å². The van der Waals surface area contributed by atoms with Gasteiger partial charge in [-0.05, 0) is 25.8 Å². The van der Waals surface area contributed by atoms with Gasteiger partial charge in [-0.1, -0.05) is 11.6 Å². The molecule has 0 amide bonds. The molecule has 0 bridgehead atoms. The summed E-state index contributed by atoms with van der Waals surface area (Å²) in [6.07, 6.45) is 2.26. The predicted molar refractivity (Wildman–Crippen MR) is 65.7 cm³/mol. The second kappa shape index (κ2) is 4.89. The van der Waals surface area contributed by atoms with Crippen molar-refractivity contribution in [2.45, 2.75) is 31.9 Å². The highest BCUT2D eigenvalue weighted by atomic mass is 35.5. The van der Waals surface area contributed by atoms with Crippen LogP contribution in [0.4, 0.5) is 11.5 Å². The summed E-state index contributed by atoms with van der Waals surface area (Å²) in [6, 6.07) is 3.82. The number of rotatable bonds is 2. The molecule has 0 saturated carbocycles. The van der Waals surface area contributed by atoms with E-state index in [0.29, 0.717) is 23.0 Å². The fourth-order valence-corrected chi connectivity index (χ4v) is 2.15. The number of pyridine rings is 1. The maximum Gasteiger partial charge on any atom is 0.133 e. The highest BCUT2D eigenvalue weighted by molar-refractivity contribution is 6.29. The first kappa shape index (κ1) is 11.5. The van der Waals surface area contributed by atoms with Crippen LogP contribution in [0.5, 0.6) is 0 Å². The first-order valence-corrected chi connectivity index (χ1v) is 5.82. The Balaban J connectivity index is 2.02. The van der Waals surface area contributed by atoms with Crippen LogP contribution in [0.15, 0.2) is 12.1 Å². The number of hydrogen-bond donors (Lipinski definition) is 2. The maximum absolute atomic E-state index is 5.84. The van der Waals surface area contributed by atoms with Gasteiger partial charge in [0.2, 0.25) is 0 Å². The molecule has 4 nitrogen and oxygen atoms in total. The highest BCUT2D eigenvalue weighted by Crippen LogP contribution is 2.20. The fraction of sp³-hybridized carbons (Fsp3) is 0.545. The van der Waals surface area contributed by atoms with Crippen molar-refractivity contribution in [3.05, 3.63) is 17.3 Å². The van der Waals surface area contributed by atoms with Gasteiger partial charge in [0.05, 0.1) is 6.10 Å². The number of ether oxygens (including phenoxy) is 1. The standard InChI is InChI=1S/C11H16ClN3O/c1-7-4-9(2-3-16-7)14-11-6-8(13)5-10(12)15-11/h5-7,9H,2-4H2,1H3,(H3,13,14,15). The number of halogens is 1. The van der Waals surface area contributed by atoms with Gasteiger partial charge in [-0.2, -0.15) is 0 Å². The molecule has 1 aliphatic heterocycles. The Morgan fingerprint density at radius 3 is 3.06 bits per heavy atom. The molecule has 0 spiro atoms. The lowest BCUT2D eigenvalue weighted by Gasteiger charge is -2.28. The molecule has 3 N–H and O–H groups in total. The van der Waals surface area contributed by atoms with E-state index in [1.54, 1.807) is 12.1 Å². The van der Waals surface area contributed by atoms with Crippen LogP contribution in [0.3, 0.4) is 0 Å². The normalized spacial score (nSPS) is 25.4. The number of aromatic nitrogens is 1. The summed E-state index contributed by atoms with van der Waals surface area (Å²) in [5.74, 6) is 0.740. The van der Waals surface area contributed by atoms with Crippen LogP contribution in [0.2, 0.25) is 5.15 Å². The van der Waals surface area contributed by atoms with Gasteiger partial charge >= 0.3 is 0 Å². The van der Waals surface area contributed by atoms with E-state index in [2.05, 4.69) is 17.2 Å². The monoisotopic (exact) mass is 241 g/mol. The quantitative estimate of drug-likeness (QED) is 0.780. The average Bonchev–Trinajstić information content (AvgIpc) is 2.15. The van der Waals surface area contributed by atoms with Crippen LogP contribution in [-0.2, 0) is 4.74 Å². The van der Waals surface area contributed by atoms with Gasteiger partial charge < -0.3 is 15.8 Å². The molecule has 5 heteroatoms. The fourth-order valence-electron chi connectivity index (χ4n) is 1.93. The minimum atomic E-state index is 0.294. The Morgan fingerprint density at radius 2 is 2.38 bits per heavy atom. The van der Waals surface area contributed by atoms with Crippen molar-refractivity contribution in [2.24, 2.45) is 0 Å². The maximum atomic E-state index is 5.84. The number of nitrogens with two attached hydrogens (primary N) is 1. The molecule has 2 atom stereocenters. The van der Waals surface area contributed by atoms with E-state index in [1.165, 1.54) is 0 Å². The minimum Gasteiger partial charge on any atom is -0.399 e. The third kappa shape index (κ3) is 3.00. The predicted octanol–water partition coefficient (Wildman–Crippen LogP) is 2.30. The van der Waals surface area contributed by atoms with E-state index in [0.717, 1.165) is 25.3 Å². The van der Waals surface area contributed by atoms with Crippen LogP contribution >= 0.6 is 11.6 Å². The second-order valence-electron chi connectivity index (χ2n) is 4.16. The molecule has 1 saturated heterocycles. The van der Waals surface area contributed by atoms with E-state index in [9.17, 15) is 0 Å². The minimum absolute atomic E-state index is 0.294. The van der Waals surface area contributed by atoms with Gasteiger partial charge in [0.15, 0.2) is 0 Å². The van der Waals surface area contributed by atoms with Gasteiger partial charge in [0, 0.05) is 24.4 Å². The number of anilines is 2. The van der Waals surface area contributed by atoms with Gasteiger partial charge in [0.25, 0.3) is 0 Å². The SMILES string of the molecule is CC1CC(Nc2cc(N)cc(Cl)n2)CCO1. The lowest BCUT2D eigenvalue weighted by molar-refractivity contribution is 0.0232. The molecule has 1 fully saturated rings. The lowest BCUT2D eigenvalue weighted by atomic mass is 10.0. The van der Waals surface area contributed by atoms with Crippen molar-refractivity contribution in [3.8, 4) is 0 Å². The van der Waals surface area contributed by atoms with Gasteiger partial charge in [-0.3, -0.25) is 0 Å². The molecule has 1 aromatic rings. The Hall–Kier alpha value is -1.00. The molecule has 2 rings (SSSR count). The van der Waals surface area contributed by atoms with Crippen molar-refractivity contribution in [1.29, 1.82) is 0 Å². The number of hydrogen-bond acceptors (Lipinski definition) is 4. The van der Waals surface area contributed by atoms with E-state index >= 15 is 0 Å². The van der Waals surface area contributed by atoms with Crippen molar-refractivity contribution < 1.29 is 4.74 Å². The largest absolute Gasteiger partial charge is 0.399 e. The zero-order chi connectivity index (χ0) is 11.5. The Bertz CT molecular complexity index is 352. The summed E-state index contributed by atoms with van der Waals surface area (Å²) >= 11 is 5.84. The van der Waals surface area contributed by atoms with E-state index in [1.807, 2.05) is 0 Å². The molecule has 0 radical (unpaired) electrons. The zero-order valence-corrected chi connectivity index (χ0v) is 10.00. The van der Waals surface area contributed by atoms with Crippen molar-refractivity contribution in [3.63, 3.8) is 0 Å². The summed E-state index contributed by atoms with van der Waals surface area (Å²) < 4.78 is 5.48. The first-order valence-electron chi connectivity index (χ1n) is 5.44. The number of nitrogens with one attached hydrogen (secondary N) is 1. The number of nitrogen functional groups attached to an aromatic ring is 1. The highest BCUT2D eigenvalue weighted by Gasteiger charge is 2.19. The van der Waals surface area contributed by atoms with Crippen LogP contribution in [0.1, 0.15) is 19.8 Å². The molecule has 1 aromatic heterocycles. The molecule has 88 valence electrons. The first-order chi connectivity index (χ1) is 7.63. The number of nitrogens with zero attached hydrogens (tertiary/aromatic N) is 1. The van der Waals surface area contributed by atoms with Crippen molar-refractivity contribution in [1.82, 2.24) is 4.98 Å². The van der Waals surface area contributed by atoms with E-state index in [4.69, 9.17) is 22.1 Å². The summed E-state index contributed by atoms with van der Waals surface area (Å²) in [5, 5.41) is 3.76. The molecule has 0 aliphatic carbocycles. The summed E-state index contributed by atoms with van der Waals surface area (Å²) in [7, 11) is 0. The molecule has 16 heavy (non-hydrogen) atoms. The van der Waals surface area contributed by atoms with Crippen molar-refractivity contribution in [2.75, 3.05) is 17.7 Å². The Kier molecular flexibility index (Phi) is 3.51. The van der Waals surface area contributed by atoms with E-state index in [-0.39, 0.29) is 0 Å². The van der Waals surface area contributed by atoms with Crippen LogP contribution in [-0.4, -0.2) is 23.7 Å². The molecular formula is C11H16ClN3O. The van der Waals surface area contributed by atoms with Gasteiger partial charge in [-0.25, -0.2) is 4.98 Å². The molecular weight excluding hydrogens is 226 g/mol. The third-order valence-corrected chi connectivity index (χ3v) is 2.85. The molecule has 2 unspecified atom stereocenters. The van der Waals surface area contributed by atoms with Gasteiger partial charge in [0.1, 0.15) is 11.0 Å². The zero-order valence-electron chi connectivity index (χ0n) is 9.24. The molecule has 1 aliphatic rings. The average molecular weight is 242 g/mol. The smallest absolute Gasteiger partial charge is 0.133 e. The topological polar surface area (TPSA) is 60.2 Å². The van der Waals surface area contributed by atoms with Crippen LogP contribution in [0, 0.1) is 0 Å². The summed E-state index contributed by atoms with van der Waals surface area (Å²) in [4.78, 5) is 4.19. The van der Waals surface area contributed by atoms with Crippen LogP contribution < -0.4 is 11.1 Å². The molecule has 2 heterocycles. The molecule has 0 aromatic carbocycles. The van der Waals surface area contributed by atoms with E-state index < -0.39 is 0 Å².